The smallest absolute Gasteiger partial charge is 0.322 e. The summed E-state index contributed by atoms with van der Waals surface area (Å²) >= 11 is 0. The molecule has 0 saturated carbocycles. The largest absolute Gasteiger partial charge is 0.326 e. The monoisotopic (exact) mass is 198 g/mol. The van der Waals surface area contributed by atoms with Gasteiger partial charge in [-0.15, -0.1) is 0 Å². The molecule has 3 amide bonds. The first-order valence-corrected chi connectivity index (χ1v) is 5.04. The van der Waals surface area contributed by atoms with Crippen molar-refractivity contribution in [1.82, 2.24) is 10.6 Å². The molecule has 0 aromatic rings. The summed E-state index contributed by atoms with van der Waals surface area (Å²) in [5, 5.41) is 4.93. The van der Waals surface area contributed by atoms with E-state index < -0.39 is 0 Å². The Balaban J connectivity index is 2.79. The van der Waals surface area contributed by atoms with E-state index in [0.29, 0.717) is 11.8 Å². The molecule has 1 heterocycles. The summed E-state index contributed by atoms with van der Waals surface area (Å²) in [5.74, 6) is 0.761. The molecular weight excluding hydrogens is 180 g/mol. The summed E-state index contributed by atoms with van der Waals surface area (Å²) < 4.78 is 0. The van der Waals surface area contributed by atoms with Gasteiger partial charge in [0, 0.05) is 0 Å². The average molecular weight is 198 g/mol. The molecule has 0 spiro atoms. The van der Waals surface area contributed by atoms with Crippen molar-refractivity contribution in [2.24, 2.45) is 17.8 Å². The maximum atomic E-state index is 11.4. The Kier molecular flexibility index (Phi) is 3.13. The molecule has 1 fully saturated rings. The van der Waals surface area contributed by atoms with Gasteiger partial charge in [0.1, 0.15) is 6.04 Å². The Bertz CT molecular complexity index is 241. The fourth-order valence-corrected chi connectivity index (χ4v) is 2.24. The molecule has 80 valence electrons. The fraction of sp³-hybridized carbons (Fsp3) is 0.800. The number of amides is 3. The first kappa shape index (κ1) is 11.0. The van der Waals surface area contributed by atoms with Gasteiger partial charge in [0.15, 0.2) is 0 Å². The van der Waals surface area contributed by atoms with Crippen molar-refractivity contribution in [2.75, 3.05) is 0 Å². The molecule has 1 aliphatic heterocycles. The lowest BCUT2D eigenvalue weighted by atomic mass is 9.80. The van der Waals surface area contributed by atoms with E-state index >= 15 is 0 Å². The van der Waals surface area contributed by atoms with Crippen LogP contribution in [0.5, 0.6) is 0 Å². The zero-order chi connectivity index (χ0) is 10.9. The van der Waals surface area contributed by atoms with Gasteiger partial charge in [-0.25, -0.2) is 4.79 Å². The highest BCUT2D eigenvalue weighted by molar-refractivity contribution is 6.04. The standard InChI is InChI=1S/C10H18N2O2/c1-5(2)7(6(3)4)8-9(13)12-10(14)11-8/h5-8H,1-4H3,(H2,11,12,13,14). The molecule has 1 rings (SSSR count). The third-order valence-corrected chi connectivity index (χ3v) is 2.73. The second kappa shape index (κ2) is 3.98. The first-order chi connectivity index (χ1) is 6.43. The van der Waals surface area contributed by atoms with Gasteiger partial charge in [0.25, 0.3) is 5.91 Å². The van der Waals surface area contributed by atoms with Crippen LogP contribution in [-0.4, -0.2) is 18.0 Å². The van der Waals surface area contributed by atoms with Gasteiger partial charge in [-0.2, -0.15) is 0 Å². The maximum absolute atomic E-state index is 11.4. The molecule has 14 heavy (non-hydrogen) atoms. The van der Waals surface area contributed by atoms with Crippen molar-refractivity contribution in [3.8, 4) is 0 Å². The van der Waals surface area contributed by atoms with Crippen molar-refractivity contribution in [1.29, 1.82) is 0 Å². The highest BCUT2D eigenvalue weighted by Gasteiger charge is 2.38. The molecule has 0 radical (unpaired) electrons. The normalized spacial score (nSPS) is 22.1. The SMILES string of the molecule is CC(C)C(C(C)C)C1NC(=O)NC1=O. The molecular formula is C10H18N2O2. The number of carbonyl (C=O) groups excluding carboxylic acids is 2. The number of nitrogens with one attached hydrogen (secondary N) is 2. The Labute approximate surface area is 84.4 Å². The van der Waals surface area contributed by atoms with E-state index in [2.05, 4.69) is 38.3 Å². The molecule has 1 aliphatic rings. The van der Waals surface area contributed by atoms with Gasteiger partial charge in [-0.05, 0) is 17.8 Å². The van der Waals surface area contributed by atoms with Crippen molar-refractivity contribution in [2.45, 2.75) is 33.7 Å². The molecule has 4 nitrogen and oxygen atoms in total. The van der Waals surface area contributed by atoms with Crippen LogP contribution in [-0.2, 0) is 4.79 Å². The Morgan fingerprint density at radius 1 is 1.07 bits per heavy atom. The molecule has 0 bridgehead atoms. The number of hydrogen-bond donors (Lipinski definition) is 2. The zero-order valence-electron chi connectivity index (χ0n) is 9.13. The summed E-state index contributed by atoms with van der Waals surface area (Å²) in [6.45, 7) is 8.29. The van der Waals surface area contributed by atoms with Crippen LogP contribution in [0.2, 0.25) is 0 Å². The number of imide groups is 1. The van der Waals surface area contributed by atoms with Crippen molar-refractivity contribution in [3.05, 3.63) is 0 Å². The van der Waals surface area contributed by atoms with E-state index in [9.17, 15) is 9.59 Å². The second-order valence-corrected chi connectivity index (χ2v) is 4.51. The van der Waals surface area contributed by atoms with Crippen LogP contribution in [0.1, 0.15) is 27.7 Å². The molecule has 1 saturated heterocycles. The number of carbonyl (C=O) groups is 2. The lowest BCUT2D eigenvalue weighted by Crippen LogP contribution is -2.42. The Hall–Kier alpha value is -1.06. The number of hydrogen-bond acceptors (Lipinski definition) is 2. The van der Waals surface area contributed by atoms with E-state index in [0.717, 1.165) is 0 Å². The lowest BCUT2D eigenvalue weighted by Gasteiger charge is -2.28. The highest BCUT2D eigenvalue weighted by Crippen LogP contribution is 2.25. The zero-order valence-corrected chi connectivity index (χ0v) is 9.13. The molecule has 0 aliphatic carbocycles. The third kappa shape index (κ3) is 2.05. The lowest BCUT2D eigenvalue weighted by molar-refractivity contribution is -0.122. The predicted octanol–water partition coefficient (Wildman–Crippen LogP) is 1.12. The van der Waals surface area contributed by atoms with E-state index in [-0.39, 0.29) is 23.9 Å². The summed E-state index contributed by atoms with van der Waals surface area (Å²) in [4.78, 5) is 22.4. The van der Waals surface area contributed by atoms with E-state index in [1.807, 2.05) is 0 Å². The number of urea groups is 1. The van der Waals surface area contributed by atoms with Crippen LogP contribution in [0.4, 0.5) is 4.79 Å². The minimum atomic E-state index is -0.369. The van der Waals surface area contributed by atoms with Crippen LogP contribution in [0.25, 0.3) is 0 Å². The molecule has 0 aromatic carbocycles. The van der Waals surface area contributed by atoms with Crippen molar-refractivity contribution in [3.63, 3.8) is 0 Å². The minimum Gasteiger partial charge on any atom is -0.326 e. The summed E-state index contributed by atoms with van der Waals surface area (Å²) in [7, 11) is 0. The summed E-state index contributed by atoms with van der Waals surface area (Å²) in [6, 6.07) is -0.728. The number of rotatable bonds is 3. The van der Waals surface area contributed by atoms with Gasteiger partial charge in [0.05, 0.1) is 0 Å². The summed E-state index contributed by atoms with van der Waals surface area (Å²) in [6.07, 6.45) is 0. The fourth-order valence-electron chi connectivity index (χ4n) is 2.24. The predicted molar refractivity (Wildman–Crippen MR) is 53.6 cm³/mol. The minimum absolute atomic E-state index is 0.192. The van der Waals surface area contributed by atoms with Crippen LogP contribution in [0.15, 0.2) is 0 Å². The summed E-state index contributed by atoms with van der Waals surface area (Å²) in [5.41, 5.74) is 0. The highest BCUT2D eigenvalue weighted by atomic mass is 16.2. The molecule has 1 unspecified atom stereocenters. The van der Waals surface area contributed by atoms with Crippen LogP contribution in [0.3, 0.4) is 0 Å². The van der Waals surface area contributed by atoms with Gasteiger partial charge in [0.2, 0.25) is 0 Å². The molecule has 2 N–H and O–H groups in total. The van der Waals surface area contributed by atoms with Crippen LogP contribution >= 0.6 is 0 Å². The Morgan fingerprint density at radius 3 is 1.86 bits per heavy atom. The maximum Gasteiger partial charge on any atom is 0.322 e. The third-order valence-electron chi connectivity index (χ3n) is 2.73. The molecule has 0 aromatic heterocycles. The second-order valence-electron chi connectivity index (χ2n) is 4.51. The topological polar surface area (TPSA) is 58.2 Å². The van der Waals surface area contributed by atoms with Crippen LogP contribution in [0, 0.1) is 17.8 Å². The van der Waals surface area contributed by atoms with Crippen LogP contribution < -0.4 is 10.6 Å². The van der Waals surface area contributed by atoms with E-state index in [1.165, 1.54) is 0 Å². The van der Waals surface area contributed by atoms with E-state index in [4.69, 9.17) is 0 Å². The average Bonchev–Trinajstić information content (AvgIpc) is 2.29. The molecule has 4 heteroatoms. The van der Waals surface area contributed by atoms with Gasteiger partial charge >= 0.3 is 6.03 Å². The van der Waals surface area contributed by atoms with Gasteiger partial charge in [-0.1, -0.05) is 27.7 Å². The first-order valence-electron chi connectivity index (χ1n) is 5.04. The van der Waals surface area contributed by atoms with Crippen molar-refractivity contribution >= 4 is 11.9 Å². The quantitative estimate of drug-likeness (QED) is 0.668. The van der Waals surface area contributed by atoms with Gasteiger partial charge in [-0.3, -0.25) is 10.1 Å². The Morgan fingerprint density at radius 2 is 1.57 bits per heavy atom. The van der Waals surface area contributed by atoms with Gasteiger partial charge < -0.3 is 5.32 Å². The molecule has 1 atom stereocenters. The van der Waals surface area contributed by atoms with E-state index in [1.54, 1.807) is 0 Å². The van der Waals surface area contributed by atoms with Crippen molar-refractivity contribution < 1.29 is 9.59 Å².